The Morgan fingerprint density at radius 3 is 2.57 bits per heavy atom. The Kier molecular flexibility index (Phi) is 3.43. The first-order valence-electron chi connectivity index (χ1n) is 8.12. The number of carbonyl (C=O) groups excluding carboxylic acids is 1. The summed E-state index contributed by atoms with van der Waals surface area (Å²) in [6.45, 7) is 0. The van der Waals surface area contributed by atoms with Gasteiger partial charge in [0.1, 0.15) is 11.6 Å². The maximum absolute atomic E-state index is 13.2. The summed E-state index contributed by atoms with van der Waals surface area (Å²) in [5.41, 5.74) is 1.33. The highest BCUT2D eigenvalue weighted by Crippen LogP contribution is 2.45. The largest absolute Gasteiger partial charge is 0.360 e. The van der Waals surface area contributed by atoms with Gasteiger partial charge in [-0.15, -0.1) is 0 Å². The molecule has 1 amide bonds. The average molecular weight is 314 g/mol. The molecule has 0 aliphatic heterocycles. The highest BCUT2D eigenvalue weighted by molar-refractivity contribution is 5.92. The van der Waals surface area contributed by atoms with Crippen molar-refractivity contribution >= 4 is 5.91 Å². The van der Waals surface area contributed by atoms with Crippen molar-refractivity contribution in [1.82, 2.24) is 10.1 Å². The van der Waals surface area contributed by atoms with Gasteiger partial charge in [0.05, 0.1) is 6.04 Å². The lowest BCUT2D eigenvalue weighted by Gasteiger charge is -2.28. The molecule has 0 radical (unpaired) electrons. The van der Waals surface area contributed by atoms with Crippen molar-refractivity contribution in [3.63, 3.8) is 0 Å². The van der Waals surface area contributed by atoms with Gasteiger partial charge in [-0.1, -0.05) is 17.3 Å². The zero-order chi connectivity index (χ0) is 16.0. The molecule has 4 nitrogen and oxygen atoms in total. The standard InChI is InChI=1S/C18H19FN2O2/c1-21(18(22)15-10-16(23-20-15)11-2-3-11)17(12-4-5-12)13-6-8-14(19)9-7-13/h6-12,17H,2-5H2,1H3/t17-/m1/s1. The number of amides is 1. The van der Waals surface area contributed by atoms with Crippen LogP contribution in [0.4, 0.5) is 4.39 Å². The van der Waals surface area contributed by atoms with Crippen LogP contribution in [0.5, 0.6) is 0 Å². The summed E-state index contributed by atoms with van der Waals surface area (Å²) in [7, 11) is 1.79. The van der Waals surface area contributed by atoms with E-state index in [1.54, 1.807) is 30.1 Å². The van der Waals surface area contributed by atoms with Crippen LogP contribution >= 0.6 is 0 Å². The quantitative estimate of drug-likeness (QED) is 0.840. The Hall–Kier alpha value is -2.17. The normalized spacial score (nSPS) is 18.7. The van der Waals surface area contributed by atoms with E-state index in [0.29, 0.717) is 17.5 Å². The number of hydrogen-bond donors (Lipinski definition) is 0. The van der Waals surface area contributed by atoms with Crippen molar-refractivity contribution in [1.29, 1.82) is 0 Å². The van der Waals surface area contributed by atoms with Gasteiger partial charge in [-0.25, -0.2) is 4.39 Å². The molecule has 120 valence electrons. The maximum Gasteiger partial charge on any atom is 0.276 e. The number of benzene rings is 1. The number of aromatic nitrogens is 1. The number of carbonyl (C=O) groups is 1. The van der Waals surface area contributed by atoms with E-state index in [9.17, 15) is 9.18 Å². The van der Waals surface area contributed by atoms with Gasteiger partial charge < -0.3 is 9.42 Å². The van der Waals surface area contributed by atoms with E-state index in [0.717, 1.165) is 37.0 Å². The molecule has 2 aliphatic carbocycles. The van der Waals surface area contributed by atoms with Crippen LogP contribution in [0.25, 0.3) is 0 Å². The molecule has 2 saturated carbocycles. The summed E-state index contributed by atoms with van der Waals surface area (Å²) in [5, 5.41) is 3.94. The molecule has 0 bridgehead atoms. The third kappa shape index (κ3) is 2.87. The SMILES string of the molecule is CN(C(=O)c1cc(C2CC2)on1)[C@@H](c1ccc(F)cc1)C1CC1. The average Bonchev–Trinajstić information content (AvgIpc) is 3.49. The third-order valence-electron chi connectivity index (χ3n) is 4.74. The molecule has 1 atom stereocenters. The van der Waals surface area contributed by atoms with Gasteiger partial charge >= 0.3 is 0 Å². The van der Waals surface area contributed by atoms with Gasteiger partial charge in [0.2, 0.25) is 0 Å². The monoisotopic (exact) mass is 314 g/mol. The minimum absolute atomic E-state index is 0.0378. The van der Waals surface area contributed by atoms with Crippen LogP contribution in [0.2, 0.25) is 0 Å². The second-order valence-corrected chi connectivity index (χ2v) is 6.64. The third-order valence-corrected chi connectivity index (χ3v) is 4.74. The van der Waals surface area contributed by atoms with Crippen molar-refractivity contribution in [3.8, 4) is 0 Å². The molecular formula is C18H19FN2O2. The predicted molar refractivity (Wildman–Crippen MR) is 82.4 cm³/mol. The minimum Gasteiger partial charge on any atom is -0.360 e. The summed E-state index contributed by atoms with van der Waals surface area (Å²) in [6.07, 6.45) is 4.40. The van der Waals surface area contributed by atoms with Crippen LogP contribution < -0.4 is 0 Å². The molecule has 2 fully saturated rings. The van der Waals surface area contributed by atoms with Crippen LogP contribution in [-0.4, -0.2) is 23.0 Å². The Morgan fingerprint density at radius 1 is 1.26 bits per heavy atom. The van der Waals surface area contributed by atoms with Crippen molar-refractivity contribution in [2.75, 3.05) is 7.05 Å². The summed E-state index contributed by atoms with van der Waals surface area (Å²) in [4.78, 5) is 14.5. The predicted octanol–water partition coefficient (Wildman–Crippen LogP) is 3.91. The van der Waals surface area contributed by atoms with Gasteiger partial charge in [0.15, 0.2) is 5.69 Å². The lowest BCUT2D eigenvalue weighted by Crippen LogP contribution is -2.32. The molecule has 1 aromatic carbocycles. The maximum atomic E-state index is 13.2. The topological polar surface area (TPSA) is 46.3 Å². The van der Waals surface area contributed by atoms with E-state index in [1.807, 2.05) is 0 Å². The highest BCUT2D eigenvalue weighted by atomic mass is 19.1. The first kappa shape index (κ1) is 14.4. The lowest BCUT2D eigenvalue weighted by molar-refractivity contribution is 0.0700. The molecule has 23 heavy (non-hydrogen) atoms. The zero-order valence-electron chi connectivity index (χ0n) is 13.0. The fourth-order valence-electron chi connectivity index (χ4n) is 3.14. The second kappa shape index (κ2) is 5.48. The molecule has 0 unspecified atom stereocenters. The fraction of sp³-hybridized carbons (Fsp3) is 0.444. The molecule has 5 heteroatoms. The molecule has 4 rings (SSSR count). The van der Waals surface area contributed by atoms with Crippen molar-refractivity contribution < 1.29 is 13.7 Å². The van der Waals surface area contributed by atoms with Crippen molar-refractivity contribution in [3.05, 3.63) is 53.2 Å². The zero-order valence-corrected chi connectivity index (χ0v) is 13.0. The summed E-state index contributed by atoms with van der Waals surface area (Å²) in [6, 6.07) is 8.16. The summed E-state index contributed by atoms with van der Waals surface area (Å²) in [5.74, 6) is 1.28. The molecule has 2 aliphatic rings. The number of rotatable bonds is 5. The molecule has 1 heterocycles. The van der Waals surface area contributed by atoms with Gasteiger partial charge in [-0.2, -0.15) is 0 Å². The van der Waals surface area contributed by atoms with E-state index in [1.165, 1.54) is 12.1 Å². The van der Waals surface area contributed by atoms with Crippen molar-refractivity contribution in [2.24, 2.45) is 5.92 Å². The van der Waals surface area contributed by atoms with E-state index in [-0.39, 0.29) is 17.8 Å². The highest BCUT2D eigenvalue weighted by Gasteiger charge is 2.38. The number of halogens is 1. The summed E-state index contributed by atoms with van der Waals surface area (Å²) < 4.78 is 18.5. The second-order valence-electron chi connectivity index (χ2n) is 6.64. The van der Waals surface area contributed by atoms with Gasteiger partial charge in [-0.3, -0.25) is 4.79 Å². The summed E-state index contributed by atoms with van der Waals surface area (Å²) >= 11 is 0. The van der Waals surface area contributed by atoms with Crippen LogP contribution in [0, 0.1) is 11.7 Å². The Bertz CT molecular complexity index is 717. The Morgan fingerprint density at radius 2 is 1.96 bits per heavy atom. The number of nitrogens with zero attached hydrogens (tertiary/aromatic N) is 2. The first-order valence-corrected chi connectivity index (χ1v) is 8.12. The molecule has 0 spiro atoms. The van der Waals surface area contributed by atoms with Gasteiger partial charge in [-0.05, 0) is 49.3 Å². The minimum atomic E-state index is -0.261. The molecular weight excluding hydrogens is 295 g/mol. The van der Waals surface area contributed by atoms with Crippen LogP contribution in [-0.2, 0) is 0 Å². The lowest BCUT2D eigenvalue weighted by atomic mass is 10.0. The first-order chi connectivity index (χ1) is 11.1. The molecule has 2 aromatic rings. The van der Waals surface area contributed by atoms with E-state index < -0.39 is 0 Å². The molecule has 1 aromatic heterocycles. The van der Waals surface area contributed by atoms with E-state index >= 15 is 0 Å². The number of hydrogen-bond acceptors (Lipinski definition) is 3. The van der Waals surface area contributed by atoms with Crippen LogP contribution in [0.3, 0.4) is 0 Å². The van der Waals surface area contributed by atoms with Crippen LogP contribution in [0.1, 0.15) is 59.5 Å². The van der Waals surface area contributed by atoms with Crippen LogP contribution in [0.15, 0.2) is 34.9 Å². The van der Waals surface area contributed by atoms with Crippen molar-refractivity contribution in [2.45, 2.75) is 37.6 Å². The Balaban J connectivity index is 1.57. The van der Waals surface area contributed by atoms with Gasteiger partial charge in [0.25, 0.3) is 5.91 Å². The smallest absolute Gasteiger partial charge is 0.276 e. The molecule has 0 saturated heterocycles. The fourth-order valence-corrected chi connectivity index (χ4v) is 3.14. The van der Waals surface area contributed by atoms with E-state index in [2.05, 4.69) is 5.16 Å². The van der Waals surface area contributed by atoms with E-state index in [4.69, 9.17) is 4.52 Å². The Labute approximate surface area is 134 Å². The van der Waals surface area contributed by atoms with Gasteiger partial charge in [0, 0.05) is 19.0 Å². The molecule has 0 N–H and O–H groups in total.